The molecule has 0 spiro atoms. The normalized spacial score (nSPS) is 21.2. The summed E-state index contributed by atoms with van der Waals surface area (Å²) in [4.78, 5) is 0. The van der Waals surface area contributed by atoms with Gasteiger partial charge in [0.15, 0.2) is 0 Å². The third-order valence-corrected chi connectivity index (χ3v) is 1.61. The van der Waals surface area contributed by atoms with Gasteiger partial charge in [0.1, 0.15) is 0 Å². The van der Waals surface area contributed by atoms with E-state index in [1.165, 1.54) is 19.3 Å². The Morgan fingerprint density at radius 3 is 2.44 bits per heavy atom. The van der Waals surface area contributed by atoms with Crippen LogP contribution in [-0.4, -0.2) is 24.3 Å². The first-order valence-corrected chi connectivity index (χ1v) is 3.67. The summed E-state index contributed by atoms with van der Waals surface area (Å²) in [5.41, 5.74) is 0. The van der Waals surface area contributed by atoms with Crippen molar-refractivity contribution in [2.24, 2.45) is 5.10 Å². The maximum Gasteiger partial charge on any atom is 0.0360 e. The van der Waals surface area contributed by atoms with Crippen LogP contribution in [0.25, 0.3) is 0 Å². The Bertz CT molecular complexity index is 93.1. The first kappa shape index (κ1) is 6.59. The molecule has 1 rings (SSSR count). The van der Waals surface area contributed by atoms with Gasteiger partial charge in [-0.15, -0.1) is 0 Å². The van der Waals surface area contributed by atoms with Gasteiger partial charge in [-0.3, -0.25) is 5.01 Å². The lowest BCUT2D eigenvalue weighted by molar-refractivity contribution is 0.240. The molecule has 0 aromatic rings. The van der Waals surface area contributed by atoms with E-state index >= 15 is 0 Å². The molecule has 2 heteroatoms. The molecule has 0 saturated carbocycles. The quantitative estimate of drug-likeness (QED) is 0.486. The van der Waals surface area contributed by atoms with Crippen LogP contribution in [0.2, 0.25) is 0 Å². The van der Waals surface area contributed by atoms with E-state index < -0.39 is 0 Å². The van der Waals surface area contributed by atoms with Crippen LogP contribution in [0.4, 0.5) is 0 Å². The minimum atomic E-state index is 1.16. The van der Waals surface area contributed by atoms with Gasteiger partial charge in [-0.2, -0.15) is 5.10 Å². The Morgan fingerprint density at radius 1 is 1.22 bits per heavy atom. The average Bonchev–Trinajstić information content (AvgIpc) is 1.91. The van der Waals surface area contributed by atoms with Crippen LogP contribution < -0.4 is 0 Å². The molecule has 0 aromatic carbocycles. The number of nitrogens with zero attached hydrogens (tertiary/aromatic N) is 2. The molecule has 0 bridgehead atoms. The van der Waals surface area contributed by atoms with E-state index in [1.807, 2.05) is 13.1 Å². The van der Waals surface area contributed by atoms with Gasteiger partial charge in [0.05, 0.1) is 0 Å². The van der Waals surface area contributed by atoms with Gasteiger partial charge in [0.25, 0.3) is 0 Å². The first-order chi connectivity index (χ1) is 4.43. The second-order valence-electron chi connectivity index (χ2n) is 2.39. The van der Waals surface area contributed by atoms with Crippen molar-refractivity contribution in [3.63, 3.8) is 0 Å². The van der Waals surface area contributed by atoms with Crippen LogP contribution in [0.5, 0.6) is 0 Å². The molecule has 1 aliphatic rings. The van der Waals surface area contributed by atoms with Crippen LogP contribution in [0, 0.1) is 0 Å². The third-order valence-electron chi connectivity index (χ3n) is 1.61. The molecule has 0 radical (unpaired) electrons. The molecule has 0 amide bonds. The highest BCUT2D eigenvalue weighted by atomic mass is 15.4. The molecule has 1 saturated heterocycles. The molecule has 0 N–H and O–H groups in total. The monoisotopic (exact) mass is 126 g/mol. The molecular formula is C7H14N2. The summed E-state index contributed by atoms with van der Waals surface area (Å²) in [6.07, 6.45) is 5.88. The van der Waals surface area contributed by atoms with Gasteiger partial charge in [-0.05, 0) is 26.2 Å². The lowest BCUT2D eigenvalue weighted by Crippen LogP contribution is -2.24. The Morgan fingerprint density at radius 2 is 1.89 bits per heavy atom. The SMILES string of the molecule is CC=NN1CCCCC1. The summed E-state index contributed by atoms with van der Waals surface area (Å²) in [6.45, 7) is 4.28. The molecule has 0 atom stereocenters. The van der Waals surface area contributed by atoms with Crippen molar-refractivity contribution < 1.29 is 0 Å². The number of rotatable bonds is 1. The van der Waals surface area contributed by atoms with Crippen LogP contribution >= 0.6 is 0 Å². The Labute approximate surface area is 56.5 Å². The van der Waals surface area contributed by atoms with Gasteiger partial charge in [0.2, 0.25) is 0 Å². The summed E-state index contributed by atoms with van der Waals surface area (Å²) in [5, 5.41) is 6.33. The highest BCUT2D eigenvalue weighted by Gasteiger charge is 2.04. The largest absolute Gasteiger partial charge is 0.297 e. The zero-order valence-corrected chi connectivity index (χ0v) is 6.01. The first-order valence-electron chi connectivity index (χ1n) is 3.67. The lowest BCUT2D eigenvalue weighted by Gasteiger charge is -2.22. The van der Waals surface area contributed by atoms with Crippen molar-refractivity contribution in [2.45, 2.75) is 26.2 Å². The standard InChI is InChI=1S/C7H14N2/c1-2-8-9-6-4-3-5-7-9/h2H,3-7H2,1H3. The minimum Gasteiger partial charge on any atom is -0.297 e. The third kappa shape index (κ3) is 2.04. The minimum absolute atomic E-state index is 1.16. The van der Waals surface area contributed by atoms with Gasteiger partial charge in [0, 0.05) is 19.3 Å². The van der Waals surface area contributed by atoms with Crippen molar-refractivity contribution in [1.29, 1.82) is 0 Å². The van der Waals surface area contributed by atoms with Crippen molar-refractivity contribution in [2.75, 3.05) is 13.1 Å². The summed E-state index contributed by atoms with van der Waals surface area (Å²) < 4.78 is 0. The molecule has 9 heavy (non-hydrogen) atoms. The second-order valence-corrected chi connectivity index (χ2v) is 2.39. The molecule has 52 valence electrons. The molecule has 1 heterocycles. The zero-order chi connectivity index (χ0) is 6.53. The molecule has 0 aliphatic carbocycles. The van der Waals surface area contributed by atoms with E-state index in [2.05, 4.69) is 10.1 Å². The number of hydrogen-bond donors (Lipinski definition) is 0. The predicted molar refractivity (Wildman–Crippen MR) is 39.6 cm³/mol. The fourth-order valence-corrected chi connectivity index (χ4v) is 1.16. The van der Waals surface area contributed by atoms with E-state index in [0.717, 1.165) is 13.1 Å². The van der Waals surface area contributed by atoms with Gasteiger partial charge >= 0.3 is 0 Å². The predicted octanol–water partition coefficient (Wildman–Crippen LogP) is 1.48. The highest BCUT2D eigenvalue weighted by molar-refractivity contribution is 5.52. The smallest absolute Gasteiger partial charge is 0.0360 e. The van der Waals surface area contributed by atoms with E-state index in [0.29, 0.717) is 0 Å². The van der Waals surface area contributed by atoms with E-state index in [-0.39, 0.29) is 0 Å². The van der Waals surface area contributed by atoms with Crippen LogP contribution in [0.3, 0.4) is 0 Å². The molecule has 2 nitrogen and oxygen atoms in total. The van der Waals surface area contributed by atoms with E-state index in [1.54, 1.807) is 0 Å². The summed E-state index contributed by atoms with van der Waals surface area (Å²) in [7, 11) is 0. The molecule has 1 fully saturated rings. The molecule has 1 aliphatic heterocycles. The van der Waals surface area contributed by atoms with Crippen molar-refractivity contribution in [3.05, 3.63) is 0 Å². The molecular weight excluding hydrogens is 112 g/mol. The van der Waals surface area contributed by atoms with Gasteiger partial charge in [-0.1, -0.05) is 0 Å². The Balaban J connectivity index is 2.23. The number of piperidine rings is 1. The fraction of sp³-hybridized carbons (Fsp3) is 0.857. The lowest BCUT2D eigenvalue weighted by atomic mass is 10.2. The summed E-state index contributed by atoms with van der Waals surface area (Å²) >= 11 is 0. The summed E-state index contributed by atoms with van der Waals surface area (Å²) in [6, 6.07) is 0. The van der Waals surface area contributed by atoms with Crippen LogP contribution in [-0.2, 0) is 0 Å². The maximum atomic E-state index is 4.19. The highest BCUT2D eigenvalue weighted by Crippen LogP contribution is 2.07. The second kappa shape index (κ2) is 3.49. The Hall–Kier alpha value is -0.530. The molecule has 0 aromatic heterocycles. The number of hydrazone groups is 1. The van der Waals surface area contributed by atoms with Gasteiger partial charge in [-0.25, -0.2) is 0 Å². The average molecular weight is 126 g/mol. The van der Waals surface area contributed by atoms with E-state index in [4.69, 9.17) is 0 Å². The maximum absolute atomic E-state index is 4.19. The Kier molecular flexibility index (Phi) is 2.55. The van der Waals surface area contributed by atoms with Crippen LogP contribution in [0.15, 0.2) is 5.10 Å². The van der Waals surface area contributed by atoms with Crippen molar-refractivity contribution in [3.8, 4) is 0 Å². The van der Waals surface area contributed by atoms with E-state index in [9.17, 15) is 0 Å². The van der Waals surface area contributed by atoms with Crippen molar-refractivity contribution >= 4 is 6.21 Å². The topological polar surface area (TPSA) is 15.6 Å². The fourth-order valence-electron chi connectivity index (χ4n) is 1.16. The van der Waals surface area contributed by atoms with Crippen molar-refractivity contribution in [1.82, 2.24) is 5.01 Å². The number of hydrogen-bond acceptors (Lipinski definition) is 2. The van der Waals surface area contributed by atoms with Crippen LogP contribution in [0.1, 0.15) is 26.2 Å². The zero-order valence-electron chi connectivity index (χ0n) is 6.01. The molecule has 0 unspecified atom stereocenters. The van der Waals surface area contributed by atoms with Gasteiger partial charge < -0.3 is 0 Å². The summed E-state index contributed by atoms with van der Waals surface area (Å²) in [5.74, 6) is 0.